The molecular formula is C32H56O5Si. The van der Waals surface area contributed by atoms with Gasteiger partial charge in [0.15, 0.2) is 8.32 Å². The lowest BCUT2D eigenvalue weighted by Gasteiger charge is -2.51. The van der Waals surface area contributed by atoms with Gasteiger partial charge < -0.3 is 13.9 Å². The molecule has 0 aromatic rings. The summed E-state index contributed by atoms with van der Waals surface area (Å²) in [5.74, 6) is 1.87. The van der Waals surface area contributed by atoms with Crippen LogP contribution in [-0.2, 0) is 23.5 Å². The minimum atomic E-state index is -1.96. The first-order valence-corrected chi connectivity index (χ1v) is 18.1. The summed E-state index contributed by atoms with van der Waals surface area (Å²) < 4.78 is 18.8. The molecule has 6 heteroatoms. The fourth-order valence-electron chi connectivity index (χ4n) is 6.74. The molecule has 0 N–H and O–H groups in total. The molecule has 3 fully saturated rings. The predicted molar refractivity (Wildman–Crippen MR) is 156 cm³/mol. The first-order chi connectivity index (χ1) is 17.4. The van der Waals surface area contributed by atoms with Crippen LogP contribution in [0.15, 0.2) is 12.2 Å². The molecule has 2 saturated carbocycles. The van der Waals surface area contributed by atoms with Gasteiger partial charge in [0.1, 0.15) is 12.2 Å². The van der Waals surface area contributed by atoms with Gasteiger partial charge in [-0.15, -0.1) is 0 Å². The van der Waals surface area contributed by atoms with Crippen LogP contribution in [0.1, 0.15) is 107 Å². The van der Waals surface area contributed by atoms with Gasteiger partial charge in [-0.1, -0.05) is 53.7 Å². The third kappa shape index (κ3) is 7.13. The van der Waals surface area contributed by atoms with Crippen LogP contribution in [0, 0.1) is 35.0 Å². The van der Waals surface area contributed by atoms with Gasteiger partial charge in [0, 0.05) is 12.3 Å². The number of allylic oxidation sites excluding steroid dienone is 1. The Kier molecular flexibility index (Phi) is 9.72. The molecule has 0 amide bonds. The van der Waals surface area contributed by atoms with Crippen molar-refractivity contribution in [2.75, 3.05) is 0 Å². The van der Waals surface area contributed by atoms with Gasteiger partial charge in [0.25, 0.3) is 0 Å². The molecule has 38 heavy (non-hydrogen) atoms. The average molecular weight is 549 g/mol. The highest BCUT2D eigenvalue weighted by molar-refractivity contribution is 6.74. The van der Waals surface area contributed by atoms with Crippen LogP contribution in [0.2, 0.25) is 18.1 Å². The molecule has 3 aliphatic rings. The number of ether oxygens (including phenoxy) is 2. The van der Waals surface area contributed by atoms with Crippen molar-refractivity contribution < 1.29 is 23.5 Å². The Morgan fingerprint density at radius 1 is 1.05 bits per heavy atom. The summed E-state index contributed by atoms with van der Waals surface area (Å²) in [5.41, 5.74) is 0.853. The minimum absolute atomic E-state index is 0.0565. The van der Waals surface area contributed by atoms with Crippen molar-refractivity contribution in [2.45, 2.75) is 143 Å². The summed E-state index contributed by atoms with van der Waals surface area (Å²) in [5, 5.41) is 0.107. The van der Waals surface area contributed by atoms with Crippen molar-refractivity contribution in [3.05, 3.63) is 12.2 Å². The highest BCUT2D eigenvalue weighted by Gasteiger charge is 2.49. The van der Waals surface area contributed by atoms with Gasteiger partial charge in [0.05, 0.1) is 17.9 Å². The zero-order valence-electron chi connectivity index (χ0n) is 26.0. The van der Waals surface area contributed by atoms with Crippen molar-refractivity contribution in [2.24, 2.45) is 35.0 Å². The van der Waals surface area contributed by atoms with E-state index in [4.69, 9.17) is 13.9 Å². The van der Waals surface area contributed by atoms with E-state index in [0.29, 0.717) is 30.1 Å². The summed E-state index contributed by atoms with van der Waals surface area (Å²) in [7, 11) is -1.96. The van der Waals surface area contributed by atoms with Crippen LogP contribution in [0.25, 0.3) is 0 Å². The molecule has 0 unspecified atom stereocenters. The molecule has 0 bridgehead atoms. The molecule has 3 rings (SSSR count). The number of hydrogen-bond acceptors (Lipinski definition) is 5. The van der Waals surface area contributed by atoms with E-state index in [1.807, 2.05) is 13.8 Å². The lowest BCUT2D eigenvalue weighted by molar-refractivity contribution is -0.172. The zero-order valence-corrected chi connectivity index (χ0v) is 27.0. The summed E-state index contributed by atoms with van der Waals surface area (Å²) in [4.78, 5) is 25.7. The van der Waals surface area contributed by atoms with Crippen molar-refractivity contribution in [3.63, 3.8) is 0 Å². The second kappa shape index (κ2) is 11.8. The summed E-state index contributed by atoms with van der Waals surface area (Å²) in [6.07, 6.45) is 6.55. The third-order valence-corrected chi connectivity index (χ3v) is 15.1. The molecule has 0 aromatic heterocycles. The zero-order chi connectivity index (χ0) is 28.6. The molecule has 8 atom stereocenters. The Morgan fingerprint density at radius 3 is 2.32 bits per heavy atom. The molecule has 1 aliphatic heterocycles. The van der Waals surface area contributed by atoms with Crippen LogP contribution in [-0.4, -0.2) is 38.6 Å². The van der Waals surface area contributed by atoms with Crippen molar-refractivity contribution in [3.8, 4) is 0 Å². The van der Waals surface area contributed by atoms with Crippen LogP contribution < -0.4 is 0 Å². The fourth-order valence-corrected chi connectivity index (χ4v) is 8.10. The van der Waals surface area contributed by atoms with E-state index >= 15 is 0 Å². The molecule has 0 aromatic carbocycles. The van der Waals surface area contributed by atoms with E-state index in [0.717, 1.165) is 44.9 Å². The second-order valence-corrected chi connectivity index (χ2v) is 19.8. The highest BCUT2D eigenvalue weighted by atomic mass is 28.4. The van der Waals surface area contributed by atoms with Crippen molar-refractivity contribution >= 4 is 20.3 Å². The van der Waals surface area contributed by atoms with Crippen LogP contribution in [0.5, 0.6) is 0 Å². The van der Waals surface area contributed by atoms with Crippen LogP contribution in [0.3, 0.4) is 0 Å². The third-order valence-electron chi connectivity index (χ3n) is 10.5. The second-order valence-electron chi connectivity index (χ2n) is 15.1. The highest BCUT2D eigenvalue weighted by Crippen LogP contribution is 2.52. The van der Waals surface area contributed by atoms with Crippen molar-refractivity contribution in [1.82, 2.24) is 0 Å². The number of esters is 2. The fraction of sp³-hybridized carbons (Fsp3) is 0.875. The molecule has 0 spiro atoms. The van der Waals surface area contributed by atoms with Crippen LogP contribution in [0.4, 0.5) is 0 Å². The SMILES string of the molecule is C=C1C[C@H](C)[C@H](CC[C@@H]2C[C@@H](O[Si](C)(C)C(C)(C)C)CC(=O)O2)[C@H]2[C@@H](OC(=O)C(C)(C)CC)C[C@@H](C)C[C@H]12. The van der Waals surface area contributed by atoms with Crippen molar-refractivity contribution in [1.29, 1.82) is 0 Å². The molecule has 0 radical (unpaired) electrons. The van der Waals surface area contributed by atoms with E-state index in [2.05, 4.69) is 61.2 Å². The smallest absolute Gasteiger partial charge is 0.311 e. The van der Waals surface area contributed by atoms with Gasteiger partial charge in [0.2, 0.25) is 0 Å². The first kappa shape index (κ1) is 31.4. The molecular weight excluding hydrogens is 492 g/mol. The maximum atomic E-state index is 13.2. The topological polar surface area (TPSA) is 61.8 Å². The Balaban J connectivity index is 1.74. The molecule has 218 valence electrons. The summed E-state index contributed by atoms with van der Waals surface area (Å²) in [6.45, 7) is 26.4. The first-order valence-electron chi connectivity index (χ1n) is 15.2. The lowest BCUT2D eigenvalue weighted by Crippen LogP contribution is -2.49. The summed E-state index contributed by atoms with van der Waals surface area (Å²) in [6, 6.07) is 0. The maximum Gasteiger partial charge on any atom is 0.311 e. The van der Waals surface area contributed by atoms with E-state index in [1.165, 1.54) is 5.57 Å². The number of carbonyl (C=O) groups excluding carboxylic acids is 2. The van der Waals surface area contributed by atoms with E-state index in [1.54, 1.807) is 0 Å². The standard InChI is InChI=1S/C32H56O5Si/c1-12-32(8,9)30(34)36-27-16-20(2)15-26-22(4)17-21(3)25(29(26)27)14-13-23-18-24(19-28(33)35-23)37-38(10,11)31(5,6)7/h20-21,23-27,29H,4,12-19H2,1-3,5-11H3/t20-,21-,23+,24+,25-,26+,27-,29+/m0/s1. The summed E-state index contributed by atoms with van der Waals surface area (Å²) >= 11 is 0. The number of fused-ring (bicyclic) bond motifs is 1. The maximum absolute atomic E-state index is 13.2. The van der Waals surface area contributed by atoms with E-state index in [-0.39, 0.29) is 41.2 Å². The largest absolute Gasteiger partial charge is 0.462 e. The van der Waals surface area contributed by atoms with Gasteiger partial charge in [-0.2, -0.15) is 0 Å². The van der Waals surface area contributed by atoms with Crippen LogP contribution >= 0.6 is 0 Å². The van der Waals surface area contributed by atoms with Gasteiger partial charge in [-0.3, -0.25) is 9.59 Å². The number of hydrogen-bond donors (Lipinski definition) is 0. The quantitative estimate of drug-likeness (QED) is 0.174. The Morgan fingerprint density at radius 2 is 1.71 bits per heavy atom. The molecule has 1 saturated heterocycles. The lowest BCUT2D eigenvalue weighted by atomic mass is 9.56. The number of cyclic esters (lactones) is 1. The monoisotopic (exact) mass is 548 g/mol. The molecule has 5 nitrogen and oxygen atoms in total. The molecule has 1 heterocycles. The predicted octanol–water partition coefficient (Wildman–Crippen LogP) is 8.09. The molecule has 2 aliphatic carbocycles. The number of carbonyl (C=O) groups is 2. The van der Waals surface area contributed by atoms with E-state index in [9.17, 15) is 9.59 Å². The Bertz CT molecular complexity index is 872. The van der Waals surface area contributed by atoms with Gasteiger partial charge in [-0.05, 0) is 94.2 Å². The van der Waals surface area contributed by atoms with E-state index < -0.39 is 13.7 Å². The minimum Gasteiger partial charge on any atom is -0.462 e. The number of rotatable bonds is 8. The normalized spacial score (nSPS) is 34.9. The van der Waals surface area contributed by atoms with Gasteiger partial charge in [-0.25, -0.2) is 0 Å². The Hall–Kier alpha value is -1.14. The average Bonchev–Trinajstić information content (AvgIpc) is 2.77. The Labute approximate surface area is 234 Å². The van der Waals surface area contributed by atoms with Gasteiger partial charge >= 0.3 is 11.9 Å².